The zero-order chi connectivity index (χ0) is 8.93. The molecule has 1 heteroatoms. The average molecular weight is 189 g/mol. The molecular formula is C12H17Si. The summed E-state index contributed by atoms with van der Waals surface area (Å²) in [7, 11) is -0.162. The van der Waals surface area contributed by atoms with E-state index in [0.717, 1.165) is 0 Å². The molecule has 0 nitrogen and oxygen atoms in total. The van der Waals surface area contributed by atoms with Crippen LogP contribution in [-0.4, -0.2) is 8.80 Å². The van der Waals surface area contributed by atoms with Gasteiger partial charge in [-0.05, 0) is 0 Å². The van der Waals surface area contributed by atoms with Crippen molar-refractivity contribution in [2.45, 2.75) is 37.8 Å². The normalized spacial score (nSPS) is 19.7. The van der Waals surface area contributed by atoms with Gasteiger partial charge < -0.3 is 0 Å². The largest absolute Gasteiger partial charge is 0.0856 e. The van der Waals surface area contributed by atoms with Gasteiger partial charge >= 0.3 is 0 Å². The van der Waals surface area contributed by atoms with Crippen LogP contribution in [0.3, 0.4) is 0 Å². The van der Waals surface area contributed by atoms with Crippen molar-refractivity contribution in [3.63, 3.8) is 0 Å². The molecule has 0 atom stereocenters. The summed E-state index contributed by atoms with van der Waals surface area (Å²) < 4.78 is 0. The summed E-state index contributed by atoms with van der Waals surface area (Å²) >= 11 is 0. The highest BCUT2D eigenvalue weighted by Crippen LogP contribution is 2.17. The van der Waals surface area contributed by atoms with Crippen molar-refractivity contribution in [3.8, 4) is 0 Å². The minimum absolute atomic E-state index is 0.162. The van der Waals surface area contributed by atoms with E-state index in [0.29, 0.717) is 0 Å². The first-order valence-electron chi connectivity index (χ1n) is 5.37. The molecule has 1 radical (unpaired) electrons. The molecule has 0 bridgehead atoms. The number of benzene rings is 1. The third-order valence-corrected chi connectivity index (χ3v) is 5.95. The summed E-state index contributed by atoms with van der Waals surface area (Å²) in [6.07, 6.45) is 5.90. The molecule has 1 heterocycles. The quantitative estimate of drug-likeness (QED) is 0.596. The fourth-order valence-corrected chi connectivity index (χ4v) is 4.96. The topological polar surface area (TPSA) is 0 Å². The standard InChI is InChI=1S/C12H17Si/c1-2-7-11-13(10-6-1)12-8-4-3-5-9-12/h3-5,8-9H,1-2,6-7,10-11H2. The Balaban J connectivity index is 2.06. The molecule has 0 saturated carbocycles. The Morgan fingerprint density at radius 1 is 0.769 bits per heavy atom. The maximum absolute atomic E-state index is 2.33. The van der Waals surface area contributed by atoms with Crippen molar-refractivity contribution in [1.82, 2.24) is 0 Å². The van der Waals surface area contributed by atoms with Crippen molar-refractivity contribution in [1.29, 1.82) is 0 Å². The highest BCUT2D eigenvalue weighted by molar-refractivity contribution is 6.73. The monoisotopic (exact) mass is 189 g/mol. The van der Waals surface area contributed by atoms with Gasteiger partial charge in [-0.3, -0.25) is 0 Å². The van der Waals surface area contributed by atoms with Crippen LogP contribution in [-0.2, 0) is 0 Å². The van der Waals surface area contributed by atoms with Gasteiger partial charge in [0.1, 0.15) is 0 Å². The fourth-order valence-electron chi connectivity index (χ4n) is 2.12. The predicted molar refractivity (Wildman–Crippen MR) is 59.9 cm³/mol. The van der Waals surface area contributed by atoms with Gasteiger partial charge in [-0.15, -0.1) is 0 Å². The summed E-state index contributed by atoms with van der Waals surface area (Å²) in [5.41, 5.74) is 0. The van der Waals surface area contributed by atoms with Crippen LogP contribution in [0.1, 0.15) is 25.7 Å². The molecule has 0 spiro atoms. The van der Waals surface area contributed by atoms with E-state index in [1.54, 1.807) is 5.19 Å². The van der Waals surface area contributed by atoms with Crippen molar-refractivity contribution < 1.29 is 0 Å². The molecule has 1 aromatic rings. The first-order valence-corrected chi connectivity index (χ1v) is 7.28. The number of rotatable bonds is 1. The molecule has 0 amide bonds. The van der Waals surface area contributed by atoms with Crippen LogP contribution in [0.25, 0.3) is 0 Å². The number of hydrogen-bond donors (Lipinski definition) is 0. The van der Waals surface area contributed by atoms with Gasteiger partial charge in [0, 0.05) is 0 Å². The fraction of sp³-hybridized carbons (Fsp3) is 0.500. The Morgan fingerprint density at radius 2 is 1.38 bits per heavy atom. The highest BCUT2D eigenvalue weighted by atomic mass is 28.3. The predicted octanol–water partition coefficient (Wildman–Crippen LogP) is 2.96. The SMILES string of the molecule is c1ccc([Si]2CCCCCC2)cc1. The van der Waals surface area contributed by atoms with Crippen LogP contribution < -0.4 is 5.19 Å². The van der Waals surface area contributed by atoms with Gasteiger partial charge in [-0.25, -0.2) is 0 Å². The first kappa shape index (κ1) is 9.01. The zero-order valence-corrected chi connectivity index (χ0v) is 9.13. The lowest BCUT2D eigenvalue weighted by atomic mass is 10.2. The summed E-state index contributed by atoms with van der Waals surface area (Å²) in [4.78, 5) is 0. The Bertz CT molecular complexity index is 235. The summed E-state index contributed by atoms with van der Waals surface area (Å²) in [5.74, 6) is 0. The second-order valence-corrected chi connectivity index (χ2v) is 6.67. The summed E-state index contributed by atoms with van der Waals surface area (Å²) in [5, 5.41) is 1.66. The van der Waals surface area contributed by atoms with Crippen LogP contribution in [0.5, 0.6) is 0 Å². The van der Waals surface area contributed by atoms with E-state index < -0.39 is 0 Å². The van der Waals surface area contributed by atoms with E-state index in [2.05, 4.69) is 30.3 Å². The lowest BCUT2D eigenvalue weighted by molar-refractivity contribution is 0.720. The zero-order valence-electron chi connectivity index (χ0n) is 8.13. The summed E-state index contributed by atoms with van der Waals surface area (Å²) in [6, 6.07) is 14.2. The molecule has 1 aliphatic heterocycles. The third kappa shape index (κ3) is 2.44. The Labute approximate surface area is 82.6 Å². The Kier molecular flexibility index (Phi) is 3.20. The Hall–Kier alpha value is -0.563. The molecule has 1 aliphatic rings. The van der Waals surface area contributed by atoms with Gasteiger partial charge in [0.2, 0.25) is 0 Å². The van der Waals surface area contributed by atoms with E-state index >= 15 is 0 Å². The van der Waals surface area contributed by atoms with E-state index in [1.807, 2.05) is 0 Å². The Morgan fingerprint density at radius 3 is 2.00 bits per heavy atom. The molecular weight excluding hydrogens is 172 g/mol. The van der Waals surface area contributed by atoms with Gasteiger partial charge in [0.05, 0.1) is 8.80 Å². The second kappa shape index (κ2) is 4.61. The van der Waals surface area contributed by atoms with E-state index in [1.165, 1.54) is 37.8 Å². The molecule has 13 heavy (non-hydrogen) atoms. The van der Waals surface area contributed by atoms with Crippen molar-refractivity contribution in [2.75, 3.05) is 0 Å². The van der Waals surface area contributed by atoms with Crippen LogP contribution in [0.2, 0.25) is 12.1 Å². The molecule has 1 aromatic carbocycles. The molecule has 0 aliphatic carbocycles. The molecule has 0 aromatic heterocycles. The average Bonchev–Trinajstić information content (AvgIpc) is 2.47. The van der Waals surface area contributed by atoms with Gasteiger partial charge in [0.25, 0.3) is 0 Å². The van der Waals surface area contributed by atoms with Crippen LogP contribution in [0.4, 0.5) is 0 Å². The molecule has 0 N–H and O–H groups in total. The molecule has 1 fully saturated rings. The van der Waals surface area contributed by atoms with Crippen LogP contribution in [0.15, 0.2) is 30.3 Å². The van der Waals surface area contributed by atoms with Crippen LogP contribution >= 0.6 is 0 Å². The van der Waals surface area contributed by atoms with Crippen molar-refractivity contribution in [3.05, 3.63) is 30.3 Å². The number of hydrogen-bond acceptors (Lipinski definition) is 0. The van der Waals surface area contributed by atoms with Crippen molar-refractivity contribution in [2.24, 2.45) is 0 Å². The molecule has 1 saturated heterocycles. The van der Waals surface area contributed by atoms with Gasteiger partial charge in [0.15, 0.2) is 0 Å². The maximum Gasteiger partial charge on any atom is 0.0856 e. The minimum Gasteiger partial charge on any atom is -0.0633 e. The molecule has 0 unspecified atom stereocenters. The molecule has 2 rings (SSSR count). The summed E-state index contributed by atoms with van der Waals surface area (Å²) in [6.45, 7) is 0. The maximum atomic E-state index is 2.33. The van der Waals surface area contributed by atoms with E-state index in [9.17, 15) is 0 Å². The van der Waals surface area contributed by atoms with Crippen LogP contribution in [0, 0.1) is 0 Å². The highest BCUT2D eigenvalue weighted by Gasteiger charge is 2.15. The van der Waals surface area contributed by atoms with E-state index in [-0.39, 0.29) is 8.80 Å². The lowest BCUT2D eigenvalue weighted by Gasteiger charge is -2.11. The van der Waals surface area contributed by atoms with Gasteiger partial charge in [-0.2, -0.15) is 0 Å². The second-order valence-electron chi connectivity index (χ2n) is 3.88. The lowest BCUT2D eigenvalue weighted by Crippen LogP contribution is -2.28. The van der Waals surface area contributed by atoms with Crippen molar-refractivity contribution >= 4 is 14.0 Å². The minimum atomic E-state index is -0.162. The molecule has 69 valence electrons. The third-order valence-electron chi connectivity index (χ3n) is 2.89. The van der Waals surface area contributed by atoms with E-state index in [4.69, 9.17) is 0 Å². The van der Waals surface area contributed by atoms with Gasteiger partial charge in [-0.1, -0.05) is 73.3 Å². The smallest absolute Gasteiger partial charge is 0.0633 e. The first-order chi connectivity index (χ1) is 6.47.